The topological polar surface area (TPSA) is 123 Å². The van der Waals surface area contributed by atoms with Gasteiger partial charge in [0.1, 0.15) is 6.04 Å². The van der Waals surface area contributed by atoms with Gasteiger partial charge in [0.2, 0.25) is 21.8 Å². The molecule has 1 aliphatic rings. The molecule has 3 aromatic heterocycles. The molecule has 1 atom stereocenters. The molecule has 1 saturated heterocycles. The minimum absolute atomic E-state index is 0.221. The molecule has 2 amide bonds. The molecule has 4 heterocycles. The van der Waals surface area contributed by atoms with E-state index in [9.17, 15) is 18.0 Å². The van der Waals surface area contributed by atoms with E-state index in [4.69, 9.17) is 4.74 Å². The van der Waals surface area contributed by atoms with E-state index in [0.29, 0.717) is 30.4 Å². The van der Waals surface area contributed by atoms with Crippen LogP contribution in [0.25, 0.3) is 22.4 Å². The Balaban J connectivity index is 1.30. The third kappa shape index (κ3) is 5.71. The highest BCUT2D eigenvalue weighted by molar-refractivity contribution is 7.89. The second-order valence-corrected chi connectivity index (χ2v) is 12.0. The van der Waals surface area contributed by atoms with E-state index in [0.717, 1.165) is 38.3 Å². The Kier molecular flexibility index (Phi) is 7.23. The number of anilines is 1. The molecule has 0 saturated carbocycles. The summed E-state index contributed by atoms with van der Waals surface area (Å²) >= 11 is 1.31. The molecule has 10 nitrogen and oxygen atoms in total. The van der Waals surface area contributed by atoms with Gasteiger partial charge in [0, 0.05) is 41.6 Å². The SMILES string of the molecule is COc1cc(-c2cccc(-c3csc(NC(=O)[C@@H]4CCCN4C(=O)c4ccn(S(C)(=O)=O)c4)n3)c2)cc(C)n1. The second kappa shape index (κ2) is 10.6. The lowest BCUT2D eigenvalue weighted by molar-refractivity contribution is -0.119. The second-order valence-electron chi connectivity index (χ2n) is 9.30. The number of carbonyl (C=O) groups is 2. The average Bonchev–Trinajstić information content (AvgIpc) is 3.68. The van der Waals surface area contributed by atoms with Crippen LogP contribution < -0.4 is 10.1 Å². The quantitative estimate of drug-likeness (QED) is 0.359. The van der Waals surface area contributed by atoms with Crippen molar-refractivity contribution in [1.82, 2.24) is 18.8 Å². The number of thiazole rings is 1. The number of carbonyl (C=O) groups excluding carboxylic acids is 2. The number of pyridine rings is 1. The normalized spacial score (nSPS) is 15.4. The number of benzene rings is 1. The molecule has 1 aromatic carbocycles. The van der Waals surface area contributed by atoms with Crippen LogP contribution in [0.3, 0.4) is 0 Å². The van der Waals surface area contributed by atoms with Crippen LogP contribution in [0, 0.1) is 6.92 Å². The highest BCUT2D eigenvalue weighted by Crippen LogP contribution is 2.31. The third-order valence-electron chi connectivity index (χ3n) is 6.48. The highest BCUT2D eigenvalue weighted by Gasteiger charge is 2.35. The maximum atomic E-state index is 13.1. The van der Waals surface area contributed by atoms with Crippen molar-refractivity contribution in [3.8, 4) is 28.3 Å². The van der Waals surface area contributed by atoms with Gasteiger partial charge >= 0.3 is 0 Å². The lowest BCUT2D eigenvalue weighted by atomic mass is 10.0. The zero-order chi connectivity index (χ0) is 27.7. The van der Waals surface area contributed by atoms with Crippen molar-refractivity contribution in [1.29, 1.82) is 0 Å². The maximum absolute atomic E-state index is 13.1. The van der Waals surface area contributed by atoms with Crippen LogP contribution in [0.5, 0.6) is 5.88 Å². The minimum atomic E-state index is -3.50. The Bertz CT molecular complexity index is 1660. The van der Waals surface area contributed by atoms with Crippen molar-refractivity contribution >= 4 is 38.3 Å². The molecule has 1 aliphatic heterocycles. The van der Waals surface area contributed by atoms with E-state index in [1.165, 1.54) is 34.7 Å². The smallest absolute Gasteiger partial charge is 0.256 e. The average molecular weight is 566 g/mol. The van der Waals surface area contributed by atoms with Gasteiger partial charge in [0.05, 0.1) is 24.6 Å². The van der Waals surface area contributed by atoms with E-state index in [-0.39, 0.29) is 17.4 Å². The Labute approximate surface area is 230 Å². The van der Waals surface area contributed by atoms with E-state index in [1.54, 1.807) is 7.11 Å². The van der Waals surface area contributed by atoms with Crippen LogP contribution in [0.2, 0.25) is 0 Å². The first-order valence-corrected chi connectivity index (χ1v) is 14.9. The van der Waals surface area contributed by atoms with Crippen LogP contribution in [-0.4, -0.2) is 65.0 Å². The lowest BCUT2D eigenvalue weighted by Crippen LogP contribution is -2.43. The number of amides is 2. The van der Waals surface area contributed by atoms with E-state index in [2.05, 4.69) is 15.3 Å². The molecule has 0 bridgehead atoms. The molecule has 0 aliphatic carbocycles. The number of nitrogens with one attached hydrogen (secondary N) is 1. The fraction of sp³-hybridized carbons (Fsp3) is 0.259. The van der Waals surface area contributed by atoms with Gasteiger partial charge < -0.3 is 15.0 Å². The summed E-state index contributed by atoms with van der Waals surface area (Å²) in [7, 11) is -1.92. The van der Waals surface area contributed by atoms with Gasteiger partial charge in [-0.1, -0.05) is 18.2 Å². The predicted molar refractivity (Wildman–Crippen MR) is 149 cm³/mol. The van der Waals surface area contributed by atoms with Gasteiger partial charge in [-0.15, -0.1) is 11.3 Å². The van der Waals surface area contributed by atoms with Gasteiger partial charge in [-0.2, -0.15) is 0 Å². The van der Waals surface area contributed by atoms with Gasteiger partial charge in [-0.25, -0.2) is 18.4 Å². The van der Waals surface area contributed by atoms with Crippen molar-refractivity contribution in [2.24, 2.45) is 0 Å². The summed E-state index contributed by atoms with van der Waals surface area (Å²) in [4.78, 5) is 36.7. The monoisotopic (exact) mass is 565 g/mol. The molecule has 39 heavy (non-hydrogen) atoms. The lowest BCUT2D eigenvalue weighted by Gasteiger charge is -2.23. The Morgan fingerprint density at radius 2 is 1.90 bits per heavy atom. The molecular formula is C27H27N5O5S2. The number of nitrogens with zero attached hydrogens (tertiary/aromatic N) is 4. The summed E-state index contributed by atoms with van der Waals surface area (Å²) in [6, 6.07) is 12.6. The molecule has 1 fully saturated rings. The molecule has 0 spiro atoms. The number of hydrogen-bond donors (Lipinski definition) is 1. The molecule has 5 rings (SSSR count). The summed E-state index contributed by atoms with van der Waals surface area (Å²) in [5.41, 5.74) is 4.64. The summed E-state index contributed by atoms with van der Waals surface area (Å²) < 4.78 is 29.8. The zero-order valence-electron chi connectivity index (χ0n) is 21.6. The van der Waals surface area contributed by atoms with E-state index >= 15 is 0 Å². The highest BCUT2D eigenvalue weighted by atomic mass is 32.2. The number of hydrogen-bond acceptors (Lipinski definition) is 8. The van der Waals surface area contributed by atoms with Gasteiger partial charge in [0.25, 0.3) is 5.91 Å². The minimum Gasteiger partial charge on any atom is -0.481 e. The number of methoxy groups -OCH3 is 1. The van der Waals surface area contributed by atoms with Crippen molar-refractivity contribution in [3.63, 3.8) is 0 Å². The fourth-order valence-corrected chi connectivity index (χ4v) is 5.89. The Morgan fingerprint density at radius 3 is 2.64 bits per heavy atom. The van der Waals surface area contributed by atoms with Crippen LogP contribution >= 0.6 is 11.3 Å². The molecule has 0 unspecified atom stereocenters. The summed E-state index contributed by atoms with van der Waals surface area (Å²) in [6.45, 7) is 2.33. The molecule has 202 valence electrons. The molecular weight excluding hydrogens is 538 g/mol. The predicted octanol–water partition coefficient (Wildman–Crippen LogP) is 4.04. The molecule has 0 radical (unpaired) electrons. The zero-order valence-corrected chi connectivity index (χ0v) is 23.3. The van der Waals surface area contributed by atoms with E-state index < -0.39 is 16.1 Å². The van der Waals surface area contributed by atoms with Gasteiger partial charge in [-0.3, -0.25) is 13.6 Å². The molecule has 12 heteroatoms. The van der Waals surface area contributed by atoms with E-state index in [1.807, 2.05) is 48.7 Å². The van der Waals surface area contributed by atoms with Gasteiger partial charge in [0.15, 0.2) is 5.13 Å². The van der Waals surface area contributed by atoms with Gasteiger partial charge in [-0.05, 0) is 49.1 Å². The third-order valence-corrected chi connectivity index (χ3v) is 8.23. The summed E-state index contributed by atoms with van der Waals surface area (Å²) in [5, 5.41) is 5.17. The summed E-state index contributed by atoms with van der Waals surface area (Å²) in [5.74, 6) is -0.159. The van der Waals surface area contributed by atoms with Crippen molar-refractivity contribution < 1.29 is 22.7 Å². The summed E-state index contributed by atoms with van der Waals surface area (Å²) in [6.07, 6.45) is 4.84. The number of aryl methyl sites for hydroxylation is 1. The van der Waals surface area contributed by atoms with Crippen molar-refractivity contribution in [3.05, 3.63) is 71.5 Å². The largest absolute Gasteiger partial charge is 0.481 e. The Morgan fingerprint density at radius 1 is 1.10 bits per heavy atom. The van der Waals surface area contributed by atoms with Crippen LogP contribution in [0.15, 0.2) is 60.2 Å². The first-order chi connectivity index (χ1) is 18.6. The standard InChI is InChI=1S/C27H27N5O5S2/c1-17-12-21(14-24(28-17)37-2)18-6-4-7-19(13-18)22-16-38-27(29-22)30-25(33)23-8-5-10-32(23)26(34)20-9-11-31(15-20)39(3,35)36/h4,6-7,9,11-16,23H,5,8,10H2,1-3H3,(H,29,30,33)/t23-/m0/s1. The first-order valence-electron chi connectivity index (χ1n) is 12.2. The van der Waals surface area contributed by atoms with Crippen molar-refractivity contribution in [2.45, 2.75) is 25.8 Å². The van der Waals surface area contributed by atoms with Crippen LogP contribution in [0.1, 0.15) is 28.9 Å². The number of rotatable bonds is 7. The number of likely N-dealkylation sites (tertiary alicyclic amines) is 1. The van der Waals surface area contributed by atoms with Crippen LogP contribution in [-0.2, 0) is 14.8 Å². The molecule has 4 aromatic rings. The van der Waals surface area contributed by atoms with Crippen molar-refractivity contribution in [2.75, 3.05) is 25.2 Å². The first kappa shape index (κ1) is 26.6. The Hall–Kier alpha value is -4.03. The fourth-order valence-electron chi connectivity index (χ4n) is 4.58. The number of aromatic nitrogens is 3. The molecule has 1 N–H and O–H groups in total. The number of ether oxygens (including phenoxy) is 1. The maximum Gasteiger partial charge on any atom is 0.256 e. The van der Waals surface area contributed by atoms with Crippen LogP contribution in [0.4, 0.5) is 5.13 Å².